The highest BCUT2D eigenvalue weighted by Gasteiger charge is 2.44. The van der Waals surface area contributed by atoms with Crippen LogP contribution < -0.4 is 5.32 Å². The van der Waals surface area contributed by atoms with Crippen molar-refractivity contribution in [3.8, 4) is 0 Å². The highest BCUT2D eigenvalue weighted by molar-refractivity contribution is 5.99. The number of amides is 2. The Balaban J connectivity index is 1.67. The zero-order chi connectivity index (χ0) is 24.9. The van der Waals surface area contributed by atoms with Gasteiger partial charge in [-0.25, -0.2) is 0 Å². The third kappa shape index (κ3) is 5.71. The topological polar surface area (TPSA) is 92.8 Å². The quantitative estimate of drug-likeness (QED) is 0.516. The standard InChI is InChI=1S/C27H32N2O5/c1-19(30)29-16-14-27(15-17-29,21-8-6-5-7-9-21)25(33)34-18-23(31)20-10-12-22(13-11-20)28-24(32)26(2,3)4/h5-13H,14-18H2,1-4H3,(H,28,32). The molecule has 2 aromatic rings. The predicted molar refractivity (Wildman–Crippen MR) is 129 cm³/mol. The van der Waals surface area contributed by atoms with Crippen LogP contribution in [0.15, 0.2) is 54.6 Å². The Morgan fingerprint density at radius 1 is 0.941 bits per heavy atom. The van der Waals surface area contributed by atoms with Crippen LogP contribution in [0.25, 0.3) is 0 Å². The summed E-state index contributed by atoms with van der Waals surface area (Å²) in [6.07, 6.45) is 0.873. The van der Waals surface area contributed by atoms with Crippen molar-refractivity contribution in [2.75, 3.05) is 25.0 Å². The molecule has 34 heavy (non-hydrogen) atoms. The smallest absolute Gasteiger partial charge is 0.317 e. The Bertz CT molecular complexity index is 1050. The summed E-state index contributed by atoms with van der Waals surface area (Å²) in [5, 5.41) is 2.81. The van der Waals surface area contributed by atoms with E-state index in [1.165, 1.54) is 6.92 Å². The monoisotopic (exact) mass is 464 g/mol. The van der Waals surface area contributed by atoms with Crippen LogP contribution in [-0.2, 0) is 24.5 Å². The fourth-order valence-corrected chi connectivity index (χ4v) is 3.98. The van der Waals surface area contributed by atoms with Gasteiger partial charge in [-0.1, -0.05) is 51.1 Å². The third-order valence-electron chi connectivity index (χ3n) is 6.26. The molecule has 3 rings (SSSR count). The van der Waals surface area contributed by atoms with E-state index in [-0.39, 0.29) is 24.2 Å². The molecule has 1 N–H and O–H groups in total. The van der Waals surface area contributed by atoms with Crippen LogP contribution in [0.1, 0.15) is 56.5 Å². The van der Waals surface area contributed by atoms with Crippen LogP contribution in [0.5, 0.6) is 0 Å². The fourth-order valence-electron chi connectivity index (χ4n) is 3.98. The molecule has 0 radical (unpaired) electrons. The Hall–Kier alpha value is -3.48. The zero-order valence-electron chi connectivity index (χ0n) is 20.2. The summed E-state index contributed by atoms with van der Waals surface area (Å²) in [6, 6.07) is 15.9. The second-order valence-electron chi connectivity index (χ2n) is 9.73. The predicted octanol–water partition coefficient (Wildman–Crippen LogP) is 3.98. The number of nitrogens with one attached hydrogen (secondary N) is 1. The van der Waals surface area contributed by atoms with Crippen molar-refractivity contribution in [1.29, 1.82) is 0 Å². The Morgan fingerprint density at radius 3 is 2.06 bits per heavy atom. The van der Waals surface area contributed by atoms with E-state index in [1.807, 2.05) is 51.1 Å². The molecule has 1 aliphatic rings. The minimum atomic E-state index is -0.894. The van der Waals surface area contributed by atoms with Crippen molar-refractivity contribution in [2.24, 2.45) is 5.41 Å². The van der Waals surface area contributed by atoms with Gasteiger partial charge in [-0.2, -0.15) is 0 Å². The number of carbonyl (C=O) groups excluding carboxylic acids is 4. The van der Waals surface area contributed by atoms with E-state index in [0.717, 1.165) is 5.56 Å². The lowest BCUT2D eigenvalue weighted by Crippen LogP contribution is -2.49. The summed E-state index contributed by atoms with van der Waals surface area (Å²) >= 11 is 0. The van der Waals surface area contributed by atoms with Crippen molar-refractivity contribution in [3.05, 3.63) is 65.7 Å². The number of carbonyl (C=O) groups is 4. The van der Waals surface area contributed by atoms with Gasteiger partial charge in [0.15, 0.2) is 12.4 Å². The van der Waals surface area contributed by atoms with Crippen molar-refractivity contribution >= 4 is 29.3 Å². The third-order valence-corrected chi connectivity index (χ3v) is 6.26. The lowest BCUT2D eigenvalue weighted by molar-refractivity contribution is -0.153. The van der Waals surface area contributed by atoms with E-state index in [4.69, 9.17) is 4.74 Å². The van der Waals surface area contributed by atoms with Crippen LogP contribution in [-0.4, -0.2) is 48.2 Å². The van der Waals surface area contributed by atoms with Crippen LogP contribution >= 0.6 is 0 Å². The lowest BCUT2D eigenvalue weighted by Gasteiger charge is -2.40. The van der Waals surface area contributed by atoms with Gasteiger partial charge in [0.25, 0.3) is 0 Å². The van der Waals surface area contributed by atoms with Crippen LogP contribution in [0.4, 0.5) is 5.69 Å². The first-order chi connectivity index (χ1) is 16.0. The maximum absolute atomic E-state index is 13.3. The molecule has 7 heteroatoms. The van der Waals surface area contributed by atoms with Crippen molar-refractivity contribution in [3.63, 3.8) is 0 Å². The highest BCUT2D eigenvalue weighted by atomic mass is 16.5. The van der Waals surface area contributed by atoms with Gasteiger partial charge in [-0.05, 0) is 42.7 Å². The number of ketones is 1. The maximum Gasteiger partial charge on any atom is 0.317 e. The summed E-state index contributed by atoms with van der Waals surface area (Å²) in [5.41, 5.74) is 0.386. The fraction of sp³-hybridized carbons (Fsp3) is 0.407. The SMILES string of the molecule is CC(=O)N1CCC(C(=O)OCC(=O)c2ccc(NC(=O)C(C)(C)C)cc2)(c2ccccc2)CC1. The van der Waals surface area contributed by atoms with Crippen LogP contribution in [0.2, 0.25) is 0 Å². The van der Waals surface area contributed by atoms with Crippen LogP contribution in [0, 0.1) is 5.41 Å². The molecule has 1 heterocycles. The molecule has 0 saturated carbocycles. The van der Waals surface area contributed by atoms with E-state index in [2.05, 4.69) is 5.32 Å². The molecule has 0 unspecified atom stereocenters. The molecule has 1 saturated heterocycles. The second kappa shape index (κ2) is 10.2. The number of nitrogens with zero attached hydrogens (tertiary/aromatic N) is 1. The largest absolute Gasteiger partial charge is 0.457 e. The summed E-state index contributed by atoms with van der Waals surface area (Å²) < 4.78 is 5.53. The number of ether oxygens (including phenoxy) is 1. The molecule has 1 aliphatic heterocycles. The summed E-state index contributed by atoms with van der Waals surface area (Å²) in [5.74, 6) is -0.925. The number of hydrogen-bond donors (Lipinski definition) is 1. The van der Waals surface area contributed by atoms with Crippen molar-refractivity contribution in [2.45, 2.75) is 46.0 Å². The summed E-state index contributed by atoms with van der Waals surface area (Å²) in [6.45, 7) is 7.51. The van der Waals surface area contributed by atoms with Crippen molar-refractivity contribution in [1.82, 2.24) is 4.90 Å². The summed E-state index contributed by atoms with van der Waals surface area (Å²) in [4.78, 5) is 51.6. The molecule has 180 valence electrons. The molecular weight excluding hydrogens is 432 g/mol. The first-order valence-electron chi connectivity index (χ1n) is 11.5. The number of piperidine rings is 1. The van der Waals surface area contributed by atoms with Gasteiger partial charge < -0.3 is 15.0 Å². The minimum Gasteiger partial charge on any atom is -0.457 e. The number of rotatable bonds is 6. The van der Waals surface area contributed by atoms with Gasteiger partial charge in [-0.3, -0.25) is 19.2 Å². The minimum absolute atomic E-state index is 0.0210. The van der Waals surface area contributed by atoms with Gasteiger partial charge in [0.1, 0.15) is 0 Å². The second-order valence-corrected chi connectivity index (χ2v) is 9.73. The molecule has 0 spiro atoms. The number of hydrogen-bond acceptors (Lipinski definition) is 5. The average molecular weight is 465 g/mol. The number of likely N-dealkylation sites (tertiary alicyclic amines) is 1. The van der Waals surface area contributed by atoms with Gasteiger partial charge >= 0.3 is 5.97 Å². The van der Waals surface area contributed by atoms with E-state index in [0.29, 0.717) is 37.2 Å². The summed E-state index contributed by atoms with van der Waals surface area (Å²) in [7, 11) is 0. The molecule has 0 aliphatic carbocycles. The number of esters is 1. The van der Waals surface area contributed by atoms with Gasteiger partial charge in [0.05, 0.1) is 5.41 Å². The molecule has 2 aromatic carbocycles. The van der Waals surface area contributed by atoms with Gasteiger partial charge in [0, 0.05) is 36.7 Å². The van der Waals surface area contributed by atoms with E-state index in [9.17, 15) is 19.2 Å². The maximum atomic E-state index is 13.3. The normalized spacial score (nSPS) is 15.4. The molecule has 7 nitrogen and oxygen atoms in total. The van der Waals surface area contributed by atoms with E-state index in [1.54, 1.807) is 29.2 Å². The Labute approximate surface area is 200 Å². The molecule has 0 atom stereocenters. The lowest BCUT2D eigenvalue weighted by atomic mass is 9.72. The van der Waals surface area contributed by atoms with Gasteiger partial charge in [-0.15, -0.1) is 0 Å². The van der Waals surface area contributed by atoms with E-state index >= 15 is 0 Å². The number of Topliss-reactive ketones (excluding diaryl/α,β-unsaturated/α-hetero) is 1. The molecule has 0 aromatic heterocycles. The molecule has 0 bridgehead atoms. The van der Waals surface area contributed by atoms with Crippen molar-refractivity contribution < 1.29 is 23.9 Å². The van der Waals surface area contributed by atoms with Crippen LogP contribution in [0.3, 0.4) is 0 Å². The zero-order valence-corrected chi connectivity index (χ0v) is 20.2. The average Bonchev–Trinajstić information content (AvgIpc) is 2.82. The first-order valence-corrected chi connectivity index (χ1v) is 11.5. The molecule has 1 fully saturated rings. The first kappa shape index (κ1) is 25.1. The Morgan fingerprint density at radius 2 is 1.53 bits per heavy atom. The van der Waals surface area contributed by atoms with E-state index < -0.39 is 16.8 Å². The Kier molecular flexibility index (Phi) is 7.54. The molecular formula is C27H32N2O5. The number of anilines is 1. The highest BCUT2D eigenvalue weighted by Crippen LogP contribution is 2.37. The van der Waals surface area contributed by atoms with Gasteiger partial charge in [0.2, 0.25) is 11.8 Å². The number of benzene rings is 2. The molecule has 2 amide bonds.